The van der Waals surface area contributed by atoms with E-state index in [1.54, 1.807) is 12.1 Å². The lowest BCUT2D eigenvalue weighted by Gasteiger charge is -2.17. The lowest BCUT2D eigenvalue weighted by Crippen LogP contribution is -2.37. The number of rotatable bonds is 8. The van der Waals surface area contributed by atoms with Crippen LogP contribution >= 0.6 is 24.0 Å². The van der Waals surface area contributed by atoms with Crippen LogP contribution in [0.2, 0.25) is 0 Å². The molecule has 0 heterocycles. The van der Waals surface area contributed by atoms with Gasteiger partial charge in [-0.3, -0.25) is 4.99 Å². The Bertz CT molecular complexity index is 409. The number of nitrogens with zero attached hydrogens (tertiary/aromatic N) is 2. The van der Waals surface area contributed by atoms with Gasteiger partial charge in [-0.25, -0.2) is 4.39 Å². The number of halogens is 2. The van der Waals surface area contributed by atoms with E-state index < -0.39 is 0 Å². The van der Waals surface area contributed by atoms with Gasteiger partial charge in [0.25, 0.3) is 0 Å². The fourth-order valence-corrected chi connectivity index (χ4v) is 1.77. The summed E-state index contributed by atoms with van der Waals surface area (Å²) < 4.78 is 12.8. The Balaban J connectivity index is 0.00000400. The minimum Gasteiger partial charge on any atom is -0.370 e. The van der Waals surface area contributed by atoms with Crippen molar-refractivity contribution in [1.29, 1.82) is 0 Å². The van der Waals surface area contributed by atoms with Crippen LogP contribution in [0.1, 0.15) is 25.3 Å². The highest BCUT2D eigenvalue weighted by Crippen LogP contribution is 2.04. The molecule has 0 atom stereocenters. The minimum atomic E-state index is -0.200. The van der Waals surface area contributed by atoms with Crippen molar-refractivity contribution >= 4 is 29.9 Å². The molecule has 3 N–H and O–H groups in total. The van der Waals surface area contributed by atoms with Gasteiger partial charge in [-0.05, 0) is 31.2 Å². The summed E-state index contributed by atoms with van der Waals surface area (Å²) in [6.07, 6.45) is 2.18. The van der Waals surface area contributed by atoms with Crippen LogP contribution in [-0.4, -0.2) is 37.5 Å². The van der Waals surface area contributed by atoms with E-state index in [1.807, 2.05) is 7.05 Å². The Labute approximate surface area is 144 Å². The van der Waals surface area contributed by atoms with E-state index in [9.17, 15) is 4.39 Å². The molecular formula is C15H26FIN4. The standard InChI is InChI=1S/C15H25FN4.HI/c1-3-4-9-18-15(17)19-10-11-20(2)12-13-5-7-14(16)8-6-13;/h5-8H,3-4,9-12H2,1-2H3,(H3,17,18,19);1H. The summed E-state index contributed by atoms with van der Waals surface area (Å²) in [6.45, 7) is 5.29. The molecule has 6 heteroatoms. The Morgan fingerprint density at radius 3 is 2.62 bits per heavy atom. The van der Waals surface area contributed by atoms with Gasteiger partial charge >= 0.3 is 0 Å². The summed E-state index contributed by atoms with van der Waals surface area (Å²) in [5.74, 6) is 0.308. The van der Waals surface area contributed by atoms with Gasteiger partial charge in [0.15, 0.2) is 5.96 Å². The van der Waals surface area contributed by atoms with Gasteiger partial charge in [-0.15, -0.1) is 24.0 Å². The highest BCUT2D eigenvalue weighted by molar-refractivity contribution is 14.0. The molecule has 1 aromatic carbocycles. The number of nitrogens with one attached hydrogen (secondary N) is 1. The molecule has 0 spiro atoms. The first-order valence-electron chi connectivity index (χ1n) is 7.08. The fraction of sp³-hybridized carbons (Fsp3) is 0.533. The van der Waals surface area contributed by atoms with Gasteiger partial charge in [0.05, 0.1) is 0 Å². The highest BCUT2D eigenvalue weighted by Gasteiger charge is 2.01. The van der Waals surface area contributed by atoms with Crippen molar-refractivity contribution in [2.45, 2.75) is 26.3 Å². The molecule has 4 nitrogen and oxygen atoms in total. The molecular weight excluding hydrogens is 382 g/mol. The maximum absolute atomic E-state index is 12.8. The molecule has 0 fully saturated rings. The molecule has 0 saturated carbocycles. The minimum absolute atomic E-state index is 0. The van der Waals surface area contributed by atoms with Crippen LogP contribution in [0.3, 0.4) is 0 Å². The normalized spacial score (nSPS) is 11.3. The Morgan fingerprint density at radius 1 is 1.33 bits per heavy atom. The van der Waals surface area contributed by atoms with Crippen LogP contribution < -0.4 is 11.1 Å². The van der Waals surface area contributed by atoms with E-state index in [0.29, 0.717) is 5.96 Å². The molecule has 0 aliphatic heterocycles. The van der Waals surface area contributed by atoms with Gasteiger partial charge in [-0.1, -0.05) is 25.5 Å². The Kier molecular flexibility index (Phi) is 11.2. The SMILES string of the molecule is CCCCN=C(N)NCCN(C)Cc1ccc(F)cc1.I. The molecule has 120 valence electrons. The molecule has 0 bridgehead atoms. The monoisotopic (exact) mass is 408 g/mol. The van der Waals surface area contributed by atoms with Gasteiger partial charge in [0, 0.05) is 26.2 Å². The predicted molar refractivity (Wildman–Crippen MR) is 97.5 cm³/mol. The summed E-state index contributed by atoms with van der Waals surface area (Å²) in [5, 5.41) is 3.09. The van der Waals surface area contributed by atoms with Crippen LogP contribution in [0.5, 0.6) is 0 Å². The van der Waals surface area contributed by atoms with E-state index in [-0.39, 0.29) is 29.8 Å². The molecule has 0 unspecified atom stereocenters. The molecule has 0 aliphatic carbocycles. The molecule has 1 rings (SSSR count). The second-order valence-electron chi connectivity index (χ2n) is 4.91. The summed E-state index contributed by atoms with van der Waals surface area (Å²) in [5.41, 5.74) is 6.84. The van der Waals surface area contributed by atoms with Crippen LogP contribution in [0.4, 0.5) is 4.39 Å². The van der Waals surface area contributed by atoms with E-state index in [2.05, 4.69) is 22.1 Å². The second-order valence-corrected chi connectivity index (χ2v) is 4.91. The number of guanidine groups is 1. The fourth-order valence-electron chi connectivity index (χ4n) is 1.77. The van der Waals surface area contributed by atoms with Gasteiger partial charge in [0.2, 0.25) is 0 Å². The third-order valence-corrected chi connectivity index (χ3v) is 2.96. The molecule has 0 saturated heterocycles. The van der Waals surface area contributed by atoms with Crippen LogP contribution in [0.15, 0.2) is 29.3 Å². The first kappa shape index (κ1) is 20.1. The van der Waals surface area contributed by atoms with Crippen molar-refractivity contribution in [3.05, 3.63) is 35.6 Å². The average molecular weight is 408 g/mol. The van der Waals surface area contributed by atoms with E-state index in [0.717, 1.165) is 44.6 Å². The van der Waals surface area contributed by atoms with Gasteiger partial charge < -0.3 is 16.0 Å². The van der Waals surface area contributed by atoms with E-state index >= 15 is 0 Å². The zero-order valence-electron chi connectivity index (χ0n) is 12.8. The predicted octanol–water partition coefficient (Wildman–Crippen LogP) is 2.58. The third-order valence-electron chi connectivity index (χ3n) is 2.96. The van der Waals surface area contributed by atoms with Crippen LogP contribution in [0, 0.1) is 5.82 Å². The Morgan fingerprint density at radius 2 is 2.00 bits per heavy atom. The number of hydrogen-bond donors (Lipinski definition) is 2. The maximum Gasteiger partial charge on any atom is 0.188 e. The van der Waals surface area contributed by atoms with E-state index in [1.165, 1.54) is 12.1 Å². The summed E-state index contributed by atoms with van der Waals surface area (Å²) in [4.78, 5) is 6.38. The van der Waals surface area contributed by atoms with Crippen LogP contribution in [-0.2, 0) is 6.54 Å². The molecule has 0 aliphatic rings. The smallest absolute Gasteiger partial charge is 0.188 e. The van der Waals surface area contributed by atoms with Crippen molar-refractivity contribution in [2.75, 3.05) is 26.7 Å². The number of aliphatic imine (C=N–C) groups is 1. The number of unbranched alkanes of at least 4 members (excludes halogenated alkanes) is 1. The molecule has 0 aromatic heterocycles. The van der Waals surface area contributed by atoms with Crippen LogP contribution in [0.25, 0.3) is 0 Å². The Hall–Kier alpha value is -0.890. The summed E-state index contributed by atoms with van der Waals surface area (Å²) >= 11 is 0. The van der Waals surface area contributed by atoms with Crippen molar-refractivity contribution < 1.29 is 4.39 Å². The summed E-state index contributed by atoms with van der Waals surface area (Å²) in [6, 6.07) is 6.58. The van der Waals surface area contributed by atoms with Crippen molar-refractivity contribution in [3.63, 3.8) is 0 Å². The summed E-state index contributed by atoms with van der Waals surface area (Å²) in [7, 11) is 2.02. The maximum atomic E-state index is 12.8. The molecule has 1 aromatic rings. The number of likely N-dealkylation sites (N-methyl/N-ethyl adjacent to an activating group) is 1. The average Bonchev–Trinajstić information content (AvgIpc) is 2.42. The van der Waals surface area contributed by atoms with E-state index in [4.69, 9.17) is 5.73 Å². The number of benzene rings is 1. The largest absolute Gasteiger partial charge is 0.370 e. The highest BCUT2D eigenvalue weighted by atomic mass is 127. The zero-order chi connectivity index (χ0) is 14.8. The topological polar surface area (TPSA) is 53.6 Å². The number of nitrogens with two attached hydrogens (primary N) is 1. The quantitative estimate of drug-likeness (QED) is 0.301. The molecule has 21 heavy (non-hydrogen) atoms. The first-order valence-corrected chi connectivity index (χ1v) is 7.08. The second kappa shape index (κ2) is 11.7. The van der Waals surface area contributed by atoms with Gasteiger partial charge in [-0.2, -0.15) is 0 Å². The zero-order valence-corrected chi connectivity index (χ0v) is 15.1. The molecule has 0 amide bonds. The number of hydrogen-bond acceptors (Lipinski definition) is 2. The van der Waals surface area contributed by atoms with Crippen molar-refractivity contribution in [2.24, 2.45) is 10.7 Å². The lowest BCUT2D eigenvalue weighted by atomic mass is 10.2. The third kappa shape index (κ3) is 9.62. The van der Waals surface area contributed by atoms with Gasteiger partial charge in [0.1, 0.15) is 5.82 Å². The lowest BCUT2D eigenvalue weighted by molar-refractivity contribution is 0.331. The first-order chi connectivity index (χ1) is 9.61. The van der Waals surface area contributed by atoms with Crippen molar-refractivity contribution in [1.82, 2.24) is 10.2 Å². The molecule has 0 radical (unpaired) electrons. The van der Waals surface area contributed by atoms with Crippen molar-refractivity contribution in [3.8, 4) is 0 Å².